The number of rotatable bonds is 3. The van der Waals surface area contributed by atoms with Crippen molar-refractivity contribution in [3.63, 3.8) is 0 Å². The van der Waals surface area contributed by atoms with Crippen LogP contribution in [0.3, 0.4) is 0 Å². The van der Waals surface area contributed by atoms with Gasteiger partial charge in [-0.05, 0) is 32.4 Å². The van der Waals surface area contributed by atoms with Gasteiger partial charge in [0.05, 0.1) is 4.88 Å². The van der Waals surface area contributed by atoms with Gasteiger partial charge in [-0.25, -0.2) is 0 Å². The highest BCUT2D eigenvalue weighted by Crippen LogP contribution is 2.20. The predicted molar refractivity (Wildman–Crippen MR) is 59.8 cm³/mol. The zero-order chi connectivity index (χ0) is 10.7. The van der Waals surface area contributed by atoms with Crippen LogP contribution in [0.2, 0.25) is 0 Å². The van der Waals surface area contributed by atoms with E-state index in [1.54, 1.807) is 0 Å². The molecule has 1 heterocycles. The van der Waals surface area contributed by atoms with Gasteiger partial charge in [-0.15, -0.1) is 11.3 Å². The molecule has 0 saturated heterocycles. The van der Waals surface area contributed by atoms with Gasteiger partial charge in [0.2, 0.25) is 0 Å². The third kappa shape index (κ3) is 2.56. The maximum atomic E-state index is 11.6. The van der Waals surface area contributed by atoms with Gasteiger partial charge in [-0.3, -0.25) is 4.79 Å². The van der Waals surface area contributed by atoms with Crippen molar-refractivity contribution >= 4 is 17.2 Å². The zero-order valence-corrected chi connectivity index (χ0v) is 9.57. The smallest absolute Gasteiger partial charge is 0.261 e. The lowest BCUT2D eigenvalue weighted by Crippen LogP contribution is -2.37. The molecule has 1 rings (SSSR count). The van der Waals surface area contributed by atoms with Crippen molar-refractivity contribution in [3.05, 3.63) is 21.4 Å². The zero-order valence-electron chi connectivity index (χ0n) is 8.76. The van der Waals surface area contributed by atoms with Gasteiger partial charge in [0.1, 0.15) is 0 Å². The number of hydrogen-bond donors (Lipinski definition) is 2. The van der Waals surface area contributed by atoms with Gasteiger partial charge >= 0.3 is 0 Å². The molecule has 0 unspecified atom stereocenters. The largest absolute Gasteiger partial charge is 0.348 e. The Morgan fingerprint density at radius 2 is 2.29 bits per heavy atom. The highest BCUT2D eigenvalue weighted by Gasteiger charge is 2.11. The molecule has 14 heavy (non-hydrogen) atoms. The summed E-state index contributed by atoms with van der Waals surface area (Å²) in [5.41, 5.74) is 6.59. The second-order valence-electron chi connectivity index (χ2n) is 3.46. The molecule has 3 nitrogen and oxygen atoms in total. The molecule has 0 aromatic carbocycles. The minimum Gasteiger partial charge on any atom is -0.348 e. The third-order valence-corrected chi connectivity index (χ3v) is 3.27. The standard InChI is InChI=1S/C10H16N2OS/c1-6-4-9(14-8(6)3)10(13)12-7(2)5-11/h4,7H,5,11H2,1-3H3,(H,12,13)/t7-/m0/s1. The van der Waals surface area contributed by atoms with E-state index in [4.69, 9.17) is 5.73 Å². The lowest BCUT2D eigenvalue weighted by molar-refractivity contribution is 0.0945. The molecule has 78 valence electrons. The van der Waals surface area contributed by atoms with E-state index in [0.29, 0.717) is 6.54 Å². The summed E-state index contributed by atoms with van der Waals surface area (Å²) in [5.74, 6) is -0.0239. The molecular formula is C10H16N2OS. The molecule has 0 aliphatic rings. The molecule has 0 aliphatic carbocycles. The summed E-state index contributed by atoms with van der Waals surface area (Å²) in [6.07, 6.45) is 0. The first-order valence-corrected chi connectivity index (χ1v) is 5.44. The van der Waals surface area contributed by atoms with Crippen LogP contribution in [-0.4, -0.2) is 18.5 Å². The number of amides is 1. The quantitative estimate of drug-likeness (QED) is 0.796. The first-order valence-electron chi connectivity index (χ1n) is 4.62. The molecule has 1 aromatic rings. The Kier molecular flexibility index (Phi) is 3.66. The Labute approximate surface area is 88.3 Å². The van der Waals surface area contributed by atoms with E-state index in [0.717, 1.165) is 4.88 Å². The van der Waals surface area contributed by atoms with E-state index in [1.807, 2.05) is 26.8 Å². The monoisotopic (exact) mass is 212 g/mol. The second-order valence-corrected chi connectivity index (χ2v) is 4.72. The maximum Gasteiger partial charge on any atom is 0.261 e. The lowest BCUT2D eigenvalue weighted by Gasteiger charge is -2.09. The van der Waals surface area contributed by atoms with E-state index < -0.39 is 0 Å². The highest BCUT2D eigenvalue weighted by molar-refractivity contribution is 7.14. The molecule has 4 heteroatoms. The number of thiophene rings is 1. The minimum absolute atomic E-state index is 0.0239. The van der Waals surface area contributed by atoms with E-state index in [9.17, 15) is 4.79 Å². The van der Waals surface area contributed by atoms with E-state index in [-0.39, 0.29) is 11.9 Å². The summed E-state index contributed by atoms with van der Waals surface area (Å²) in [6.45, 7) is 6.39. The van der Waals surface area contributed by atoms with Gasteiger partial charge < -0.3 is 11.1 Å². The highest BCUT2D eigenvalue weighted by atomic mass is 32.1. The molecule has 3 N–H and O–H groups in total. The first kappa shape index (κ1) is 11.2. The van der Waals surface area contributed by atoms with Crippen LogP contribution in [0.5, 0.6) is 0 Å². The maximum absolute atomic E-state index is 11.6. The fourth-order valence-corrected chi connectivity index (χ4v) is 1.98. The number of nitrogens with one attached hydrogen (secondary N) is 1. The van der Waals surface area contributed by atoms with Crippen molar-refractivity contribution < 1.29 is 4.79 Å². The Morgan fingerprint density at radius 3 is 2.71 bits per heavy atom. The Hall–Kier alpha value is -0.870. The van der Waals surface area contributed by atoms with Gasteiger partial charge in [-0.2, -0.15) is 0 Å². The fraction of sp³-hybridized carbons (Fsp3) is 0.500. The molecule has 0 spiro atoms. The van der Waals surface area contributed by atoms with Gasteiger partial charge in [0.15, 0.2) is 0 Å². The molecule has 1 amide bonds. The van der Waals surface area contributed by atoms with Gasteiger partial charge in [-0.1, -0.05) is 0 Å². The Bertz CT molecular complexity index is 313. The van der Waals surface area contributed by atoms with Crippen molar-refractivity contribution in [2.24, 2.45) is 5.73 Å². The summed E-state index contributed by atoms with van der Waals surface area (Å²) in [5, 5.41) is 2.83. The van der Waals surface area contributed by atoms with E-state index in [2.05, 4.69) is 5.32 Å². The van der Waals surface area contributed by atoms with Crippen molar-refractivity contribution in [2.45, 2.75) is 26.8 Å². The van der Waals surface area contributed by atoms with Crippen LogP contribution in [0, 0.1) is 13.8 Å². The SMILES string of the molecule is Cc1cc(C(=O)N[C@@H](C)CN)sc1C. The second kappa shape index (κ2) is 4.57. The average Bonchev–Trinajstić information content (AvgIpc) is 2.47. The molecule has 0 radical (unpaired) electrons. The van der Waals surface area contributed by atoms with Crippen LogP contribution in [0.25, 0.3) is 0 Å². The number of carbonyl (C=O) groups excluding carboxylic acids is 1. The van der Waals surface area contributed by atoms with Crippen molar-refractivity contribution in [3.8, 4) is 0 Å². The minimum atomic E-state index is -0.0239. The summed E-state index contributed by atoms with van der Waals surface area (Å²) in [4.78, 5) is 13.6. The Balaban J connectivity index is 2.70. The number of carbonyl (C=O) groups is 1. The molecule has 0 fully saturated rings. The van der Waals surface area contributed by atoms with Gasteiger partial charge in [0.25, 0.3) is 5.91 Å². The van der Waals surface area contributed by atoms with E-state index in [1.165, 1.54) is 21.8 Å². The van der Waals surface area contributed by atoms with Crippen LogP contribution in [0.15, 0.2) is 6.07 Å². The average molecular weight is 212 g/mol. The van der Waals surface area contributed by atoms with Crippen LogP contribution >= 0.6 is 11.3 Å². The number of hydrogen-bond acceptors (Lipinski definition) is 3. The van der Waals surface area contributed by atoms with Crippen molar-refractivity contribution in [2.75, 3.05) is 6.54 Å². The van der Waals surface area contributed by atoms with Crippen LogP contribution < -0.4 is 11.1 Å². The third-order valence-electron chi connectivity index (χ3n) is 2.12. The number of aryl methyl sites for hydroxylation is 2. The summed E-state index contributed by atoms with van der Waals surface area (Å²) in [7, 11) is 0. The summed E-state index contributed by atoms with van der Waals surface area (Å²) in [6, 6.07) is 1.95. The molecular weight excluding hydrogens is 196 g/mol. The van der Waals surface area contributed by atoms with Crippen LogP contribution in [0.1, 0.15) is 27.0 Å². The van der Waals surface area contributed by atoms with E-state index >= 15 is 0 Å². The summed E-state index contributed by atoms with van der Waals surface area (Å²) >= 11 is 1.52. The van der Waals surface area contributed by atoms with Crippen molar-refractivity contribution in [1.82, 2.24) is 5.32 Å². The van der Waals surface area contributed by atoms with Crippen LogP contribution in [0.4, 0.5) is 0 Å². The molecule has 1 aromatic heterocycles. The first-order chi connectivity index (χ1) is 6.54. The molecule has 0 bridgehead atoms. The van der Waals surface area contributed by atoms with Crippen molar-refractivity contribution in [1.29, 1.82) is 0 Å². The summed E-state index contributed by atoms with van der Waals surface area (Å²) < 4.78 is 0. The molecule has 0 saturated carbocycles. The van der Waals surface area contributed by atoms with Crippen LogP contribution in [-0.2, 0) is 0 Å². The fourth-order valence-electron chi connectivity index (χ4n) is 1.04. The molecule has 1 atom stereocenters. The molecule has 0 aliphatic heterocycles. The topological polar surface area (TPSA) is 55.1 Å². The number of nitrogens with two attached hydrogens (primary N) is 1. The normalized spacial score (nSPS) is 12.6. The lowest BCUT2D eigenvalue weighted by atomic mass is 10.2. The van der Waals surface area contributed by atoms with Gasteiger partial charge in [0, 0.05) is 17.5 Å². The predicted octanol–water partition coefficient (Wildman–Crippen LogP) is 1.44. The Morgan fingerprint density at radius 1 is 1.64 bits per heavy atom.